The summed E-state index contributed by atoms with van der Waals surface area (Å²) in [7, 11) is -3.57. The van der Waals surface area contributed by atoms with Crippen molar-refractivity contribution in [1.82, 2.24) is 0 Å². The van der Waals surface area contributed by atoms with Gasteiger partial charge in [-0.05, 0) is 24.1 Å². The largest absolute Gasteiger partial charge is 0.385 e. The second kappa shape index (κ2) is 5.26. The molecular weight excluding hydrogens is 328 g/mol. The molecule has 1 aromatic rings. The summed E-state index contributed by atoms with van der Waals surface area (Å²) >= 11 is 9.34. The Morgan fingerprint density at radius 2 is 1.88 bits per heavy atom. The molecule has 96 valence electrons. The minimum absolute atomic E-state index is 0.130. The number of rotatable bonds is 4. The Kier molecular flexibility index (Phi) is 4.63. The maximum Gasteiger partial charge on any atom is 0.174 e. The van der Waals surface area contributed by atoms with Crippen LogP contribution in [-0.2, 0) is 9.84 Å². The molecule has 0 spiro atoms. The zero-order chi connectivity index (χ0) is 13.3. The van der Waals surface area contributed by atoms with Gasteiger partial charge in [-0.25, -0.2) is 8.42 Å². The van der Waals surface area contributed by atoms with Crippen LogP contribution in [0.25, 0.3) is 0 Å². The first kappa shape index (κ1) is 15.0. The van der Waals surface area contributed by atoms with Crippen molar-refractivity contribution in [2.75, 3.05) is 6.26 Å². The number of benzene rings is 1. The van der Waals surface area contributed by atoms with E-state index >= 15 is 0 Å². The lowest BCUT2D eigenvalue weighted by Crippen LogP contribution is -2.37. The summed E-state index contributed by atoms with van der Waals surface area (Å²) in [6.45, 7) is 1.64. The molecule has 0 saturated carbocycles. The van der Waals surface area contributed by atoms with Crippen molar-refractivity contribution in [1.29, 1.82) is 0 Å². The number of hydrogen-bond acceptors (Lipinski definition) is 3. The molecule has 0 amide bonds. The Morgan fingerprint density at radius 3 is 2.24 bits per heavy atom. The molecule has 6 heteroatoms. The predicted octanol–water partition coefficient (Wildman–Crippen LogP) is 2.87. The van der Waals surface area contributed by atoms with Gasteiger partial charge >= 0.3 is 0 Å². The van der Waals surface area contributed by atoms with Gasteiger partial charge in [0, 0.05) is 10.7 Å². The lowest BCUT2D eigenvalue weighted by molar-refractivity contribution is 0.155. The first-order valence-corrected chi connectivity index (χ1v) is 8.10. The van der Waals surface area contributed by atoms with E-state index in [1.54, 1.807) is 31.2 Å². The van der Waals surface area contributed by atoms with Crippen molar-refractivity contribution in [3.63, 3.8) is 0 Å². The lowest BCUT2D eigenvalue weighted by atomic mass is 10.0. The number of sulfone groups is 1. The SMILES string of the molecule is CC[C@](Cl)([C@@H](O)c1ccc(Br)cc1)S(C)(=O)=O. The van der Waals surface area contributed by atoms with Gasteiger partial charge in [0.15, 0.2) is 14.0 Å². The smallest absolute Gasteiger partial charge is 0.174 e. The van der Waals surface area contributed by atoms with Crippen LogP contribution in [0, 0.1) is 0 Å². The van der Waals surface area contributed by atoms with E-state index in [0.29, 0.717) is 5.56 Å². The van der Waals surface area contributed by atoms with E-state index in [-0.39, 0.29) is 6.42 Å². The van der Waals surface area contributed by atoms with Crippen LogP contribution in [0.2, 0.25) is 0 Å². The van der Waals surface area contributed by atoms with Crippen molar-refractivity contribution in [2.45, 2.75) is 23.7 Å². The van der Waals surface area contributed by atoms with Crippen LogP contribution in [0.1, 0.15) is 25.0 Å². The molecule has 2 atom stereocenters. The second-order valence-corrected chi connectivity index (χ2v) is 7.95. The van der Waals surface area contributed by atoms with Crippen LogP contribution in [0.4, 0.5) is 0 Å². The van der Waals surface area contributed by atoms with Crippen molar-refractivity contribution < 1.29 is 13.5 Å². The average molecular weight is 342 g/mol. The van der Waals surface area contributed by atoms with E-state index in [1.165, 1.54) is 0 Å². The van der Waals surface area contributed by atoms with Gasteiger partial charge in [-0.2, -0.15) is 0 Å². The molecule has 0 aromatic heterocycles. The molecule has 0 aliphatic rings. The third kappa shape index (κ3) is 3.02. The van der Waals surface area contributed by atoms with E-state index in [1.807, 2.05) is 0 Å². The van der Waals surface area contributed by atoms with E-state index < -0.39 is 20.1 Å². The highest BCUT2D eigenvalue weighted by atomic mass is 79.9. The van der Waals surface area contributed by atoms with Crippen LogP contribution in [0.15, 0.2) is 28.7 Å². The van der Waals surface area contributed by atoms with E-state index in [4.69, 9.17) is 11.6 Å². The van der Waals surface area contributed by atoms with Crippen molar-refractivity contribution >= 4 is 37.4 Å². The van der Waals surface area contributed by atoms with Gasteiger partial charge in [0.2, 0.25) is 0 Å². The highest BCUT2D eigenvalue weighted by Gasteiger charge is 2.44. The summed E-state index contributed by atoms with van der Waals surface area (Å²) in [5, 5.41) is 10.1. The molecule has 3 nitrogen and oxygen atoms in total. The van der Waals surface area contributed by atoms with Gasteiger partial charge in [-0.3, -0.25) is 0 Å². The van der Waals surface area contributed by atoms with Gasteiger partial charge in [-0.15, -0.1) is 0 Å². The Hall–Kier alpha value is -0.100. The van der Waals surface area contributed by atoms with Crippen LogP contribution in [0.5, 0.6) is 0 Å². The first-order chi connectivity index (χ1) is 7.72. The third-order valence-electron chi connectivity index (χ3n) is 2.69. The third-order valence-corrected chi connectivity index (χ3v) is 6.28. The highest BCUT2D eigenvalue weighted by molar-refractivity contribution is 9.10. The molecule has 17 heavy (non-hydrogen) atoms. The Balaban J connectivity index is 3.19. The van der Waals surface area contributed by atoms with Gasteiger partial charge in [-0.1, -0.05) is 46.6 Å². The van der Waals surface area contributed by atoms with Crippen LogP contribution in [-0.4, -0.2) is 24.0 Å². The van der Waals surface area contributed by atoms with Crippen molar-refractivity contribution in [3.05, 3.63) is 34.3 Å². The molecule has 0 heterocycles. The molecule has 1 aromatic carbocycles. The Morgan fingerprint density at radius 1 is 1.41 bits per heavy atom. The van der Waals surface area contributed by atoms with Crippen LogP contribution < -0.4 is 0 Å². The minimum Gasteiger partial charge on any atom is -0.385 e. The molecule has 1 N–H and O–H groups in total. The number of aliphatic hydroxyl groups is 1. The molecular formula is C11H14BrClO3S. The number of halogens is 2. The minimum atomic E-state index is -3.57. The summed E-state index contributed by atoms with van der Waals surface area (Å²) in [6, 6.07) is 6.75. The molecule has 0 bridgehead atoms. The predicted molar refractivity (Wildman–Crippen MR) is 72.8 cm³/mol. The second-order valence-electron chi connectivity index (χ2n) is 3.87. The summed E-state index contributed by atoms with van der Waals surface area (Å²) in [5.41, 5.74) is 0.482. The zero-order valence-electron chi connectivity index (χ0n) is 9.52. The summed E-state index contributed by atoms with van der Waals surface area (Å²) in [4.78, 5) is 0. The van der Waals surface area contributed by atoms with Gasteiger partial charge in [0.05, 0.1) is 0 Å². The Labute approximate surface area is 115 Å². The maximum absolute atomic E-state index is 11.7. The van der Waals surface area contributed by atoms with Crippen LogP contribution >= 0.6 is 27.5 Å². The summed E-state index contributed by atoms with van der Waals surface area (Å²) in [6.07, 6.45) is -0.0896. The fourth-order valence-corrected chi connectivity index (χ4v) is 3.01. The molecule has 1 rings (SSSR count). The number of alkyl halides is 1. The van der Waals surface area contributed by atoms with E-state index in [2.05, 4.69) is 15.9 Å². The average Bonchev–Trinajstić information content (AvgIpc) is 2.26. The Bertz CT molecular complexity index is 486. The molecule has 0 radical (unpaired) electrons. The number of hydrogen-bond donors (Lipinski definition) is 1. The highest BCUT2D eigenvalue weighted by Crippen LogP contribution is 2.39. The molecule has 0 aliphatic carbocycles. The van der Waals surface area contributed by atoms with Gasteiger partial charge in [0.1, 0.15) is 6.10 Å². The van der Waals surface area contributed by atoms with E-state index in [9.17, 15) is 13.5 Å². The molecule has 0 fully saturated rings. The monoisotopic (exact) mass is 340 g/mol. The summed E-state index contributed by atoms with van der Waals surface area (Å²) in [5.74, 6) is 0. The summed E-state index contributed by atoms with van der Waals surface area (Å²) < 4.78 is 22.5. The first-order valence-electron chi connectivity index (χ1n) is 5.04. The molecule has 0 aliphatic heterocycles. The normalized spacial score (nSPS) is 17.5. The standard InChI is InChI=1S/C11H14BrClO3S/c1-3-11(13,17(2,15)16)10(14)8-4-6-9(12)7-5-8/h4-7,10,14H,3H2,1-2H3/t10-,11+/m0/s1. The zero-order valence-corrected chi connectivity index (χ0v) is 12.7. The van der Waals surface area contributed by atoms with Gasteiger partial charge in [0.25, 0.3) is 0 Å². The lowest BCUT2D eigenvalue weighted by Gasteiger charge is -2.29. The van der Waals surface area contributed by atoms with Crippen molar-refractivity contribution in [3.8, 4) is 0 Å². The van der Waals surface area contributed by atoms with Crippen LogP contribution in [0.3, 0.4) is 0 Å². The fraction of sp³-hybridized carbons (Fsp3) is 0.455. The quantitative estimate of drug-likeness (QED) is 0.857. The number of aliphatic hydroxyl groups excluding tert-OH is 1. The molecule has 0 saturated heterocycles. The van der Waals surface area contributed by atoms with Crippen molar-refractivity contribution in [2.24, 2.45) is 0 Å². The topological polar surface area (TPSA) is 54.4 Å². The maximum atomic E-state index is 11.7. The fourth-order valence-electron chi connectivity index (χ4n) is 1.55. The van der Waals surface area contributed by atoms with E-state index in [0.717, 1.165) is 10.7 Å². The molecule has 0 unspecified atom stereocenters. The van der Waals surface area contributed by atoms with Gasteiger partial charge < -0.3 is 5.11 Å².